The molecule has 21 heavy (non-hydrogen) atoms. The minimum atomic E-state index is 0.958. The van der Waals surface area contributed by atoms with Crippen molar-refractivity contribution in [3.8, 4) is 22.5 Å². The zero-order valence-corrected chi connectivity index (χ0v) is 12.6. The topological polar surface area (TPSA) is 25.8 Å². The van der Waals surface area contributed by atoms with Gasteiger partial charge in [-0.25, -0.2) is 9.97 Å². The van der Waals surface area contributed by atoms with E-state index in [2.05, 4.69) is 61.1 Å². The highest BCUT2D eigenvalue weighted by molar-refractivity contribution is 5.70. The maximum absolute atomic E-state index is 4.47. The van der Waals surface area contributed by atoms with Crippen LogP contribution < -0.4 is 0 Å². The van der Waals surface area contributed by atoms with Crippen molar-refractivity contribution >= 4 is 0 Å². The summed E-state index contributed by atoms with van der Waals surface area (Å²) in [7, 11) is 0. The van der Waals surface area contributed by atoms with Gasteiger partial charge in [0, 0.05) is 11.1 Å². The molecule has 0 fully saturated rings. The normalized spacial score (nSPS) is 10.6. The smallest absolute Gasteiger partial charge is 0.116 e. The minimum Gasteiger partial charge on any atom is -0.236 e. The standard InChI is InChI=1S/C19H18N2/c1-13-9-14(2)15(3)17(10-13)19-11-18(20-12-21-19)16-7-5-4-6-8-16/h4-12H,1-3H3. The lowest BCUT2D eigenvalue weighted by Gasteiger charge is -2.11. The van der Waals surface area contributed by atoms with Crippen molar-refractivity contribution in [3.63, 3.8) is 0 Å². The highest BCUT2D eigenvalue weighted by Crippen LogP contribution is 2.27. The van der Waals surface area contributed by atoms with Crippen LogP contribution in [0.2, 0.25) is 0 Å². The van der Waals surface area contributed by atoms with Gasteiger partial charge in [0.05, 0.1) is 11.4 Å². The first kappa shape index (κ1) is 13.5. The second-order valence-corrected chi connectivity index (χ2v) is 5.41. The quantitative estimate of drug-likeness (QED) is 0.674. The summed E-state index contributed by atoms with van der Waals surface area (Å²) in [6.07, 6.45) is 1.65. The van der Waals surface area contributed by atoms with Crippen LogP contribution in [0.4, 0.5) is 0 Å². The Kier molecular flexibility index (Phi) is 3.53. The number of rotatable bonds is 2. The molecule has 1 heterocycles. The van der Waals surface area contributed by atoms with Gasteiger partial charge in [-0.3, -0.25) is 0 Å². The van der Waals surface area contributed by atoms with Crippen LogP contribution in [-0.2, 0) is 0 Å². The Morgan fingerprint density at radius 3 is 2.24 bits per heavy atom. The molecule has 104 valence electrons. The van der Waals surface area contributed by atoms with E-state index in [4.69, 9.17) is 0 Å². The number of nitrogens with zero attached hydrogens (tertiary/aromatic N) is 2. The molecule has 1 aromatic heterocycles. The third-order valence-electron chi connectivity index (χ3n) is 3.82. The summed E-state index contributed by atoms with van der Waals surface area (Å²) in [6.45, 7) is 6.41. The number of aryl methyl sites for hydroxylation is 2. The molecule has 0 aliphatic carbocycles. The second-order valence-electron chi connectivity index (χ2n) is 5.41. The average Bonchev–Trinajstić information content (AvgIpc) is 2.52. The van der Waals surface area contributed by atoms with Crippen LogP contribution in [0.25, 0.3) is 22.5 Å². The Balaban J connectivity index is 2.13. The Morgan fingerprint density at radius 2 is 1.48 bits per heavy atom. The first-order chi connectivity index (χ1) is 10.1. The Labute approximate surface area is 125 Å². The van der Waals surface area contributed by atoms with Gasteiger partial charge in [0.15, 0.2) is 0 Å². The molecule has 0 unspecified atom stereocenters. The zero-order chi connectivity index (χ0) is 14.8. The van der Waals surface area contributed by atoms with Crippen LogP contribution in [-0.4, -0.2) is 9.97 Å². The van der Waals surface area contributed by atoms with E-state index in [1.165, 1.54) is 22.3 Å². The third-order valence-corrected chi connectivity index (χ3v) is 3.82. The van der Waals surface area contributed by atoms with Crippen LogP contribution in [0.3, 0.4) is 0 Å². The second kappa shape index (κ2) is 5.49. The third kappa shape index (κ3) is 2.70. The zero-order valence-electron chi connectivity index (χ0n) is 12.6. The van der Waals surface area contributed by atoms with E-state index in [1.807, 2.05) is 18.2 Å². The summed E-state index contributed by atoms with van der Waals surface area (Å²) >= 11 is 0. The number of hydrogen-bond donors (Lipinski definition) is 0. The van der Waals surface area contributed by atoms with Crippen LogP contribution in [0.15, 0.2) is 54.9 Å². The molecule has 2 aromatic carbocycles. The summed E-state index contributed by atoms with van der Waals surface area (Å²) in [5.74, 6) is 0. The van der Waals surface area contributed by atoms with Gasteiger partial charge in [-0.05, 0) is 44.0 Å². The van der Waals surface area contributed by atoms with Crippen LogP contribution in [0, 0.1) is 20.8 Å². The molecule has 0 bridgehead atoms. The Morgan fingerprint density at radius 1 is 0.762 bits per heavy atom. The molecule has 0 aliphatic rings. The highest BCUT2D eigenvalue weighted by Gasteiger charge is 2.08. The van der Waals surface area contributed by atoms with E-state index in [0.29, 0.717) is 0 Å². The van der Waals surface area contributed by atoms with Crippen LogP contribution in [0.5, 0.6) is 0 Å². The van der Waals surface area contributed by atoms with Crippen molar-refractivity contribution < 1.29 is 0 Å². The monoisotopic (exact) mass is 274 g/mol. The molecule has 0 amide bonds. The molecule has 2 nitrogen and oxygen atoms in total. The van der Waals surface area contributed by atoms with Gasteiger partial charge in [-0.2, -0.15) is 0 Å². The molecule has 0 aliphatic heterocycles. The van der Waals surface area contributed by atoms with Crippen LogP contribution in [0.1, 0.15) is 16.7 Å². The highest BCUT2D eigenvalue weighted by atomic mass is 14.8. The molecular weight excluding hydrogens is 256 g/mol. The van der Waals surface area contributed by atoms with Crippen molar-refractivity contribution in [2.45, 2.75) is 20.8 Å². The van der Waals surface area contributed by atoms with Crippen molar-refractivity contribution in [2.24, 2.45) is 0 Å². The maximum Gasteiger partial charge on any atom is 0.116 e. The minimum absolute atomic E-state index is 0.958. The molecular formula is C19H18N2. The number of benzene rings is 2. The van der Waals surface area contributed by atoms with E-state index in [-0.39, 0.29) is 0 Å². The fraction of sp³-hybridized carbons (Fsp3) is 0.158. The average molecular weight is 274 g/mol. The lowest BCUT2D eigenvalue weighted by atomic mass is 9.97. The molecule has 0 N–H and O–H groups in total. The summed E-state index contributed by atoms with van der Waals surface area (Å²) in [4.78, 5) is 8.87. The van der Waals surface area contributed by atoms with Gasteiger partial charge in [0.2, 0.25) is 0 Å². The summed E-state index contributed by atoms with van der Waals surface area (Å²) in [5, 5.41) is 0. The van der Waals surface area contributed by atoms with Crippen molar-refractivity contribution in [1.82, 2.24) is 9.97 Å². The largest absolute Gasteiger partial charge is 0.236 e. The molecule has 0 spiro atoms. The lowest BCUT2D eigenvalue weighted by molar-refractivity contribution is 1.16. The van der Waals surface area contributed by atoms with E-state index in [0.717, 1.165) is 17.0 Å². The maximum atomic E-state index is 4.47. The Hall–Kier alpha value is -2.48. The van der Waals surface area contributed by atoms with Gasteiger partial charge in [0.25, 0.3) is 0 Å². The molecule has 0 saturated heterocycles. The van der Waals surface area contributed by atoms with Gasteiger partial charge >= 0.3 is 0 Å². The summed E-state index contributed by atoms with van der Waals surface area (Å²) < 4.78 is 0. The molecule has 0 saturated carbocycles. The number of aromatic nitrogens is 2. The fourth-order valence-electron chi connectivity index (χ4n) is 2.58. The van der Waals surface area contributed by atoms with Gasteiger partial charge in [-0.1, -0.05) is 42.0 Å². The fourth-order valence-corrected chi connectivity index (χ4v) is 2.58. The van der Waals surface area contributed by atoms with Crippen LogP contribution >= 0.6 is 0 Å². The van der Waals surface area contributed by atoms with Crippen molar-refractivity contribution in [2.75, 3.05) is 0 Å². The van der Waals surface area contributed by atoms with E-state index in [9.17, 15) is 0 Å². The SMILES string of the molecule is Cc1cc(C)c(C)c(-c2cc(-c3ccccc3)ncn2)c1. The lowest BCUT2D eigenvalue weighted by Crippen LogP contribution is -1.94. The molecule has 0 radical (unpaired) electrons. The number of hydrogen-bond acceptors (Lipinski definition) is 2. The molecule has 3 aromatic rings. The predicted octanol–water partition coefficient (Wildman–Crippen LogP) is 4.74. The predicted molar refractivity (Wildman–Crippen MR) is 87.1 cm³/mol. The van der Waals surface area contributed by atoms with E-state index >= 15 is 0 Å². The summed E-state index contributed by atoms with van der Waals surface area (Å²) in [6, 6.07) is 16.7. The molecule has 2 heteroatoms. The van der Waals surface area contributed by atoms with Crippen molar-refractivity contribution in [1.29, 1.82) is 0 Å². The van der Waals surface area contributed by atoms with Crippen molar-refractivity contribution in [3.05, 3.63) is 71.5 Å². The van der Waals surface area contributed by atoms with Gasteiger partial charge in [-0.15, -0.1) is 0 Å². The van der Waals surface area contributed by atoms with Gasteiger partial charge in [0.1, 0.15) is 6.33 Å². The Bertz CT molecular complexity index is 777. The molecule has 0 atom stereocenters. The van der Waals surface area contributed by atoms with E-state index < -0.39 is 0 Å². The van der Waals surface area contributed by atoms with E-state index in [1.54, 1.807) is 6.33 Å². The first-order valence-electron chi connectivity index (χ1n) is 7.11. The molecule has 3 rings (SSSR count). The van der Waals surface area contributed by atoms with Gasteiger partial charge < -0.3 is 0 Å². The first-order valence-corrected chi connectivity index (χ1v) is 7.11. The summed E-state index contributed by atoms with van der Waals surface area (Å²) in [5.41, 5.74) is 8.07.